The van der Waals surface area contributed by atoms with Crippen molar-refractivity contribution in [2.45, 2.75) is 40.2 Å². The second-order valence-corrected chi connectivity index (χ2v) is 6.48. The molecule has 1 aromatic heterocycles. The molecule has 0 amide bonds. The summed E-state index contributed by atoms with van der Waals surface area (Å²) in [4.78, 5) is 12.4. The van der Waals surface area contributed by atoms with Gasteiger partial charge in [0, 0.05) is 28.2 Å². The van der Waals surface area contributed by atoms with E-state index in [2.05, 4.69) is 42.8 Å². The smallest absolute Gasteiger partial charge is 0.178 e. The van der Waals surface area contributed by atoms with Crippen molar-refractivity contribution in [1.29, 1.82) is 0 Å². The lowest BCUT2D eigenvalue weighted by Gasteiger charge is -2.19. The number of para-hydroxylation sites is 1. The van der Waals surface area contributed by atoms with Gasteiger partial charge in [0.1, 0.15) is 0 Å². The average Bonchev–Trinajstić information content (AvgIpc) is 2.71. The molecule has 2 rings (SSSR count). The Morgan fingerprint density at radius 2 is 1.76 bits per heavy atom. The number of benzene rings is 1. The number of carbonyl (C=O) groups excluding carboxylic acids is 1. The fourth-order valence-electron chi connectivity index (χ4n) is 2.46. The minimum Gasteiger partial charge on any atom is -0.318 e. The first-order valence-electron chi connectivity index (χ1n) is 7.32. The third kappa shape index (κ3) is 3.61. The van der Waals surface area contributed by atoms with Crippen molar-refractivity contribution in [3.63, 3.8) is 0 Å². The summed E-state index contributed by atoms with van der Waals surface area (Å²) < 4.78 is 2.13. The highest BCUT2D eigenvalue weighted by molar-refractivity contribution is 5.99. The quantitative estimate of drug-likeness (QED) is 0.869. The van der Waals surface area contributed by atoms with E-state index in [1.54, 1.807) is 0 Å². The van der Waals surface area contributed by atoms with Crippen molar-refractivity contribution < 1.29 is 4.79 Å². The SMILES string of the molecule is Cc1cc(C(=O)CNC(C)(C)C)c(C)n1-c1ccccc1. The molecular weight excluding hydrogens is 260 g/mol. The molecule has 0 aliphatic heterocycles. The molecule has 0 aliphatic carbocycles. The molecular formula is C18H24N2O. The Bertz CT molecular complexity index is 633. The molecule has 2 aromatic rings. The van der Waals surface area contributed by atoms with Gasteiger partial charge in [-0.25, -0.2) is 0 Å². The van der Waals surface area contributed by atoms with E-state index in [1.165, 1.54) is 0 Å². The first-order valence-corrected chi connectivity index (χ1v) is 7.32. The Balaban J connectivity index is 2.29. The second kappa shape index (κ2) is 5.86. The van der Waals surface area contributed by atoms with Gasteiger partial charge in [0.05, 0.1) is 6.54 Å². The summed E-state index contributed by atoms with van der Waals surface area (Å²) in [5.74, 6) is 0.139. The van der Waals surface area contributed by atoms with Gasteiger partial charge in [0.2, 0.25) is 0 Å². The first kappa shape index (κ1) is 15.5. The van der Waals surface area contributed by atoms with Gasteiger partial charge in [-0.1, -0.05) is 18.2 Å². The van der Waals surface area contributed by atoms with Crippen LogP contribution >= 0.6 is 0 Å². The predicted octanol–water partition coefficient (Wildman–Crippen LogP) is 3.66. The monoisotopic (exact) mass is 284 g/mol. The molecule has 1 heterocycles. The van der Waals surface area contributed by atoms with Crippen LogP contribution in [0, 0.1) is 13.8 Å². The van der Waals surface area contributed by atoms with Crippen LogP contribution in [0.25, 0.3) is 5.69 Å². The lowest BCUT2D eigenvalue weighted by atomic mass is 10.1. The number of nitrogens with zero attached hydrogens (tertiary/aromatic N) is 1. The van der Waals surface area contributed by atoms with E-state index in [9.17, 15) is 4.79 Å². The lowest BCUT2D eigenvalue weighted by Crippen LogP contribution is -2.39. The van der Waals surface area contributed by atoms with Crippen LogP contribution in [0.4, 0.5) is 0 Å². The van der Waals surface area contributed by atoms with Crippen molar-refractivity contribution in [2.75, 3.05) is 6.54 Å². The van der Waals surface area contributed by atoms with Crippen LogP contribution in [-0.2, 0) is 0 Å². The minimum atomic E-state index is -0.0550. The minimum absolute atomic E-state index is 0.0550. The number of hydrogen-bond acceptors (Lipinski definition) is 2. The highest BCUT2D eigenvalue weighted by Crippen LogP contribution is 2.21. The maximum Gasteiger partial charge on any atom is 0.178 e. The molecule has 0 radical (unpaired) electrons. The fraction of sp³-hybridized carbons (Fsp3) is 0.389. The maximum atomic E-state index is 12.4. The summed E-state index contributed by atoms with van der Waals surface area (Å²) in [5.41, 5.74) is 3.92. The number of nitrogens with one attached hydrogen (secondary N) is 1. The molecule has 0 bridgehead atoms. The van der Waals surface area contributed by atoms with Gasteiger partial charge in [0.15, 0.2) is 5.78 Å². The zero-order valence-corrected chi connectivity index (χ0v) is 13.5. The average molecular weight is 284 g/mol. The molecule has 112 valence electrons. The molecule has 0 saturated carbocycles. The van der Waals surface area contributed by atoms with Crippen LogP contribution in [0.3, 0.4) is 0 Å². The Kier molecular flexibility index (Phi) is 4.33. The molecule has 3 heteroatoms. The largest absolute Gasteiger partial charge is 0.318 e. The normalized spacial score (nSPS) is 11.7. The number of aromatic nitrogens is 1. The Labute approximate surface area is 127 Å². The highest BCUT2D eigenvalue weighted by atomic mass is 16.1. The van der Waals surface area contributed by atoms with Gasteiger partial charge in [0.25, 0.3) is 0 Å². The molecule has 21 heavy (non-hydrogen) atoms. The third-order valence-electron chi connectivity index (χ3n) is 3.53. The summed E-state index contributed by atoms with van der Waals surface area (Å²) in [6.45, 7) is 10.6. The standard InChI is InChI=1S/C18H24N2O/c1-13-11-16(17(21)12-19-18(3,4)5)14(2)20(13)15-9-7-6-8-10-15/h6-11,19H,12H2,1-5H3. The van der Waals surface area contributed by atoms with Crippen molar-refractivity contribution in [2.24, 2.45) is 0 Å². The van der Waals surface area contributed by atoms with Crippen LogP contribution < -0.4 is 5.32 Å². The lowest BCUT2D eigenvalue weighted by molar-refractivity contribution is 0.0981. The summed E-state index contributed by atoms with van der Waals surface area (Å²) in [7, 11) is 0. The van der Waals surface area contributed by atoms with Gasteiger partial charge in [-0.3, -0.25) is 4.79 Å². The fourth-order valence-corrected chi connectivity index (χ4v) is 2.46. The number of aryl methyl sites for hydroxylation is 1. The number of ketones is 1. The van der Waals surface area contributed by atoms with Gasteiger partial charge in [-0.05, 0) is 52.8 Å². The Hall–Kier alpha value is -1.87. The summed E-state index contributed by atoms with van der Waals surface area (Å²) in [6.07, 6.45) is 0. The topological polar surface area (TPSA) is 34.0 Å². The van der Waals surface area contributed by atoms with Crippen molar-refractivity contribution in [3.05, 3.63) is 53.3 Å². The first-order chi connectivity index (χ1) is 9.79. The van der Waals surface area contributed by atoms with Crippen molar-refractivity contribution in [3.8, 4) is 5.69 Å². The molecule has 0 fully saturated rings. The molecule has 0 saturated heterocycles. The van der Waals surface area contributed by atoms with Gasteiger partial charge in [-0.15, -0.1) is 0 Å². The van der Waals surface area contributed by atoms with Gasteiger partial charge < -0.3 is 9.88 Å². The van der Waals surface area contributed by atoms with E-state index in [0.717, 1.165) is 22.6 Å². The van der Waals surface area contributed by atoms with Crippen molar-refractivity contribution >= 4 is 5.78 Å². The van der Waals surface area contributed by atoms with Gasteiger partial charge >= 0.3 is 0 Å². The Morgan fingerprint density at radius 3 is 2.33 bits per heavy atom. The highest BCUT2D eigenvalue weighted by Gasteiger charge is 2.18. The molecule has 1 N–H and O–H groups in total. The van der Waals surface area contributed by atoms with Crippen LogP contribution in [0.5, 0.6) is 0 Å². The van der Waals surface area contributed by atoms with Crippen LogP contribution in [0.1, 0.15) is 42.5 Å². The van der Waals surface area contributed by atoms with Crippen molar-refractivity contribution in [1.82, 2.24) is 9.88 Å². The maximum absolute atomic E-state index is 12.4. The number of Topliss-reactive ketones (excluding diaryl/α,β-unsaturated/α-hetero) is 1. The predicted molar refractivity (Wildman–Crippen MR) is 87.3 cm³/mol. The zero-order chi connectivity index (χ0) is 15.6. The molecule has 0 spiro atoms. The molecule has 3 nitrogen and oxygen atoms in total. The molecule has 0 atom stereocenters. The van der Waals surface area contributed by atoms with E-state index in [1.807, 2.05) is 38.1 Å². The number of hydrogen-bond donors (Lipinski definition) is 1. The van der Waals surface area contributed by atoms with Crippen LogP contribution in [-0.4, -0.2) is 22.4 Å². The van der Waals surface area contributed by atoms with E-state index in [-0.39, 0.29) is 11.3 Å². The Morgan fingerprint density at radius 1 is 1.14 bits per heavy atom. The number of rotatable bonds is 4. The molecule has 1 aromatic carbocycles. The summed E-state index contributed by atoms with van der Waals surface area (Å²) >= 11 is 0. The van der Waals surface area contributed by atoms with Crippen LogP contribution in [0.2, 0.25) is 0 Å². The third-order valence-corrected chi connectivity index (χ3v) is 3.53. The van der Waals surface area contributed by atoms with Crippen LogP contribution in [0.15, 0.2) is 36.4 Å². The van der Waals surface area contributed by atoms with E-state index in [0.29, 0.717) is 6.54 Å². The molecule has 0 aliphatic rings. The number of carbonyl (C=O) groups is 1. The van der Waals surface area contributed by atoms with Gasteiger partial charge in [-0.2, -0.15) is 0 Å². The van der Waals surface area contributed by atoms with E-state index in [4.69, 9.17) is 0 Å². The van der Waals surface area contributed by atoms with E-state index >= 15 is 0 Å². The van der Waals surface area contributed by atoms with E-state index < -0.39 is 0 Å². The zero-order valence-electron chi connectivity index (χ0n) is 13.5. The summed E-state index contributed by atoms with van der Waals surface area (Å²) in [5, 5.41) is 3.26. The summed E-state index contributed by atoms with van der Waals surface area (Å²) in [6, 6.07) is 12.1. The second-order valence-electron chi connectivity index (χ2n) is 6.48. The molecule has 0 unspecified atom stereocenters.